The van der Waals surface area contributed by atoms with E-state index in [1.165, 1.54) is 25.5 Å². The third-order valence-electron chi connectivity index (χ3n) is 5.33. The predicted molar refractivity (Wildman–Crippen MR) is 70.9 cm³/mol. The van der Waals surface area contributed by atoms with Gasteiger partial charge >= 0.3 is 0 Å². The Labute approximate surface area is 111 Å². The van der Waals surface area contributed by atoms with Crippen LogP contribution in [0.2, 0.25) is 0 Å². The van der Waals surface area contributed by atoms with Gasteiger partial charge in [-0.3, -0.25) is 10.1 Å². The van der Waals surface area contributed by atoms with Gasteiger partial charge in [0.1, 0.15) is 12.0 Å². The normalized spacial score (nSPS) is 38.1. The first-order chi connectivity index (χ1) is 9.15. The fraction of sp³-hybridized carbons (Fsp3) is 0.643. The molecule has 3 aliphatic rings. The Morgan fingerprint density at radius 3 is 2.63 bits per heavy atom. The Morgan fingerprint density at radius 1 is 1.37 bits per heavy atom. The molecule has 5 nitrogen and oxygen atoms in total. The first kappa shape index (κ1) is 11.2. The van der Waals surface area contributed by atoms with Crippen molar-refractivity contribution in [3.8, 4) is 0 Å². The molecule has 100 valence electrons. The number of aromatic nitrogens is 1. The standard InChI is InChI=1S/C14H17N3O2/c1-7-4-11(15-6-10(7)17(18)19)16-14-12-8-2-3-9(5-8)13(12)14/h4,6,8-9,12-14H,2-3,5H2,1H3,(H,15,16). The number of nitrogens with one attached hydrogen (secondary N) is 1. The Morgan fingerprint density at radius 2 is 2.05 bits per heavy atom. The molecule has 0 saturated heterocycles. The van der Waals surface area contributed by atoms with Gasteiger partial charge in [0.2, 0.25) is 0 Å². The van der Waals surface area contributed by atoms with Gasteiger partial charge in [-0.1, -0.05) is 0 Å². The maximum absolute atomic E-state index is 10.8. The maximum Gasteiger partial charge on any atom is 0.290 e. The minimum absolute atomic E-state index is 0.0987. The molecule has 0 radical (unpaired) electrons. The van der Waals surface area contributed by atoms with Crippen LogP contribution in [0.4, 0.5) is 11.5 Å². The number of aryl methyl sites for hydroxylation is 1. The average molecular weight is 259 g/mol. The number of hydrogen-bond acceptors (Lipinski definition) is 4. The minimum atomic E-state index is -0.377. The number of nitro groups is 1. The van der Waals surface area contributed by atoms with Gasteiger partial charge in [0, 0.05) is 11.6 Å². The van der Waals surface area contributed by atoms with Crippen molar-refractivity contribution in [2.45, 2.75) is 32.2 Å². The molecule has 4 unspecified atom stereocenters. The molecular weight excluding hydrogens is 242 g/mol. The van der Waals surface area contributed by atoms with Crippen molar-refractivity contribution in [2.75, 3.05) is 5.32 Å². The summed E-state index contributed by atoms with van der Waals surface area (Å²) in [5.41, 5.74) is 0.776. The van der Waals surface area contributed by atoms with Crippen LogP contribution in [-0.4, -0.2) is 15.9 Å². The zero-order valence-electron chi connectivity index (χ0n) is 10.9. The monoisotopic (exact) mass is 259 g/mol. The first-order valence-electron chi connectivity index (χ1n) is 7.02. The summed E-state index contributed by atoms with van der Waals surface area (Å²) in [5, 5.41) is 14.3. The molecule has 0 aliphatic heterocycles. The van der Waals surface area contributed by atoms with E-state index in [0.29, 0.717) is 11.6 Å². The molecule has 1 heterocycles. The highest BCUT2D eigenvalue weighted by Crippen LogP contribution is 2.66. The van der Waals surface area contributed by atoms with Gasteiger partial charge in [-0.2, -0.15) is 0 Å². The number of anilines is 1. The quantitative estimate of drug-likeness (QED) is 0.669. The van der Waals surface area contributed by atoms with Crippen LogP contribution in [0, 0.1) is 40.7 Å². The summed E-state index contributed by atoms with van der Waals surface area (Å²) in [5.74, 6) is 4.33. The van der Waals surface area contributed by atoms with Crippen LogP contribution in [0.5, 0.6) is 0 Å². The molecule has 2 bridgehead atoms. The molecule has 5 heteroatoms. The fourth-order valence-electron chi connectivity index (χ4n) is 4.51. The van der Waals surface area contributed by atoms with E-state index in [0.717, 1.165) is 29.5 Å². The van der Waals surface area contributed by atoms with E-state index in [-0.39, 0.29) is 10.6 Å². The van der Waals surface area contributed by atoms with Crippen LogP contribution in [0.15, 0.2) is 12.3 Å². The molecule has 19 heavy (non-hydrogen) atoms. The minimum Gasteiger partial charge on any atom is -0.367 e. The first-order valence-corrected chi connectivity index (χ1v) is 7.02. The molecule has 0 spiro atoms. The van der Waals surface area contributed by atoms with Gasteiger partial charge in [-0.15, -0.1) is 0 Å². The molecule has 3 saturated carbocycles. The highest BCUT2D eigenvalue weighted by Gasteiger charge is 2.65. The van der Waals surface area contributed by atoms with Crippen molar-refractivity contribution in [1.82, 2.24) is 4.98 Å². The average Bonchev–Trinajstić information content (AvgIpc) is 2.78. The van der Waals surface area contributed by atoms with Crippen molar-refractivity contribution in [2.24, 2.45) is 23.7 Å². The van der Waals surface area contributed by atoms with Crippen molar-refractivity contribution in [3.05, 3.63) is 27.9 Å². The van der Waals surface area contributed by atoms with E-state index < -0.39 is 0 Å². The molecule has 3 fully saturated rings. The zero-order chi connectivity index (χ0) is 13.1. The summed E-state index contributed by atoms with van der Waals surface area (Å²) in [6, 6.07) is 2.37. The lowest BCUT2D eigenvalue weighted by atomic mass is 10.0. The number of rotatable bonds is 3. The predicted octanol–water partition coefficient (Wildman–Crippen LogP) is 2.75. The summed E-state index contributed by atoms with van der Waals surface area (Å²) >= 11 is 0. The number of pyridine rings is 1. The highest BCUT2D eigenvalue weighted by atomic mass is 16.6. The zero-order valence-corrected chi connectivity index (χ0v) is 10.9. The number of fused-ring (bicyclic) bond motifs is 5. The lowest BCUT2D eigenvalue weighted by molar-refractivity contribution is -0.385. The summed E-state index contributed by atoms with van der Waals surface area (Å²) < 4.78 is 0. The van der Waals surface area contributed by atoms with Crippen molar-refractivity contribution >= 4 is 11.5 Å². The Bertz CT molecular complexity index is 544. The number of nitrogens with zero attached hydrogens (tertiary/aromatic N) is 2. The lowest BCUT2D eigenvalue weighted by Gasteiger charge is -2.11. The lowest BCUT2D eigenvalue weighted by Crippen LogP contribution is -2.13. The second-order valence-corrected chi connectivity index (χ2v) is 6.27. The van der Waals surface area contributed by atoms with Gasteiger partial charge in [-0.25, -0.2) is 4.98 Å². The molecule has 1 aromatic rings. The largest absolute Gasteiger partial charge is 0.367 e. The van der Waals surface area contributed by atoms with Crippen LogP contribution in [0.3, 0.4) is 0 Å². The smallest absolute Gasteiger partial charge is 0.290 e. The molecule has 4 atom stereocenters. The molecule has 1 N–H and O–H groups in total. The van der Waals surface area contributed by atoms with Crippen molar-refractivity contribution < 1.29 is 4.92 Å². The van der Waals surface area contributed by atoms with Gasteiger partial charge in [0.05, 0.1) is 4.92 Å². The molecule has 0 amide bonds. The summed E-state index contributed by atoms with van der Waals surface area (Å²) in [4.78, 5) is 14.6. The van der Waals surface area contributed by atoms with E-state index >= 15 is 0 Å². The van der Waals surface area contributed by atoms with Crippen molar-refractivity contribution in [1.29, 1.82) is 0 Å². The van der Waals surface area contributed by atoms with Gasteiger partial charge in [0.25, 0.3) is 5.69 Å². The van der Waals surface area contributed by atoms with Crippen molar-refractivity contribution in [3.63, 3.8) is 0 Å². The van der Waals surface area contributed by atoms with Crippen LogP contribution < -0.4 is 5.32 Å². The van der Waals surface area contributed by atoms with Gasteiger partial charge < -0.3 is 5.32 Å². The van der Waals surface area contributed by atoms with Crippen LogP contribution in [0.25, 0.3) is 0 Å². The van der Waals surface area contributed by atoms with Crippen LogP contribution >= 0.6 is 0 Å². The fourth-order valence-corrected chi connectivity index (χ4v) is 4.51. The van der Waals surface area contributed by atoms with Gasteiger partial charge in [-0.05, 0) is 55.9 Å². The summed E-state index contributed by atoms with van der Waals surface area (Å²) in [7, 11) is 0. The van der Waals surface area contributed by atoms with E-state index in [9.17, 15) is 10.1 Å². The highest BCUT2D eigenvalue weighted by molar-refractivity contribution is 5.49. The molecule has 4 rings (SSSR count). The van der Waals surface area contributed by atoms with Gasteiger partial charge in [0.15, 0.2) is 0 Å². The van der Waals surface area contributed by atoms with Crippen LogP contribution in [-0.2, 0) is 0 Å². The second kappa shape index (κ2) is 3.68. The topological polar surface area (TPSA) is 68.1 Å². The Kier molecular flexibility index (Phi) is 2.17. The maximum atomic E-state index is 10.8. The molecule has 1 aromatic heterocycles. The summed E-state index contributed by atoms with van der Waals surface area (Å²) in [6.07, 6.45) is 5.60. The second-order valence-electron chi connectivity index (χ2n) is 6.27. The van der Waals surface area contributed by atoms with E-state index in [1.807, 2.05) is 0 Å². The summed E-state index contributed by atoms with van der Waals surface area (Å²) in [6.45, 7) is 1.77. The van der Waals surface area contributed by atoms with E-state index in [4.69, 9.17) is 0 Å². The Hall–Kier alpha value is -1.65. The van der Waals surface area contributed by atoms with E-state index in [2.05, 4.69) is 10.3 Å². The molecular formula is C14H17N3O2. The number of hydrogen-bond donors (Lipinski definition) is 1. The third kappa shape index (κ3) is 1.57. The van der Waals surface area contributed by atoms with Crippen LogP contribution in [0.1, 0.15) is 24.8 Å². The molecule has 0 aromatic carbocycles. The molecule has 3 aliphatic carbocycles. The third-order valence-corrected chi connectivity index (χ3v) is 5.33. The van der Waals surface area contributed by atoms with E-state index in [1.54, 1.807) is 13.0 Å². The Balaban J connectivity index is 1.50. The SMILES string of the molecule is Cc1cc(NC2C3C4CCC(C4)C23)ncc1[N+](=O)[O-].